The number of hydrogen-bond acceptors (Lipinski definition) is 3. The number of halogens is 2. The fraction of sp³-hybridized carbons (Fsp3) is 0.308. The Balaban J connectivity index is 1.70. The van der Waals surface area contributed by atoms with Crippen LogP contribution in [0.15, 0.2) is 29.0 Å². The SMILES string of the molecule is O=C(NCc1nncn1C1CC1)c1cc(Br)ccc1I. The normalized spacial score (nSPS) is 14.3. The number of rotatable bonds is 4. The second-order valence-electron chi connectivity index (χ2n) is 4.69. The van der Waals surface area contributed by atoms with Gasteiger partial charge in [0.25, 0.3) is 5.91 Å². The van der Waals surface area contributed by atoms with Gasteiger partial charge in [-0.3, -0.25) is 4.79 Å². The van der Waals surface area contributed by atoms with E-state index in [0.717, 1.165) is 13.9 Å². The van der Waals surface area contributed by atoms with E-state index in [0.29, 0.717) is 18.2 Å². The highest BCUT2D eigenvalue weighted by Gasteiger charge is 2.26. The molecule has 0 bridgehead atoms. The van der Waals surface area contributed by atoms with E-state index in [-0.39, 0.29) is 5.91 Å². The molecule has 0 spiro atoms. The summed E-state index contributed by atoms with van der Waals surface area (Å²) in [5.41, 5.74) is 0.664. The number of nitrogens with one attached hydrogen (secondary N) is 1. The molecule has 20 heavy (non-hydrogen) atoms. The van der Waals surface area contributed by atoms with E-state index in [2.05, 4.69) is 54.0 Å². The van der Waals surface area contributed by atoms with E-state index in [4.69, 9.17) is 0 Å². The molecule has 2 aromatic rings. The van der Waals surface area contributed by atoms with Crippen LogP contribution in [0.1, 0.15) is 35.1 Å². The van der Waals surface area contributed by atoms with Gasteiger partial charge >= 0.3 is 0 Å². The zero-order chi connectivity index (χ0) is 14.1. The van der Waals surface area contributed by atoms with Gasteiger partial charge in [0.05, 0.1) is 12.1 Å². The van der Waals surface area contributed by atoms with Crippen LogP contribution >= 0.6 is 38.5 Å². The number of carbonyl (C=O) groups excluding carboxylic acids is 1. The van der Waals surface area contributed by atoms with Crippen molar-refractivity contribution in [1.82, 2.24) is 20.1 Å². The number of nitrogens with zero attached hydrogens (tertiary/aromatic N) is 3. The van der Waals surface area contributed by atoms with Gasteiger partial charge in [-0.15, -0.1) is 10.2 Å². The molecule has 1 N–H and O–H groups in total. The Bertz CT molecular complexity index is 654. The molecule has 1 aliphatic carbocycles. The third kappa shape index (κ3) is 3.03. The van der Waals surface area contributed by atoms with E-state index < -0.39 is 0 Å². The highest BCUT2D eigenvalue weighted by atomic mass is 127. The van der Waals surface area contributed by atoms with Crippen molar-refractivity contribution in [3.8, 4) is 0 Å². The third-order valence-corrected chi connectivity index (χ3v) is 4.60. The molecule has 3 rings (SSSR count). The average molecular weight is 447 g/mol. The third-order valence-electron chi connectivity index (χ3n) is 3.17. The van der Waals surface area contributed by atoms with Crippen LogP contribution < -0.4 is 5.32 Å². The second kappa shape index (κ2) is 5.80. The van der Waals surface area contributed by atoms with E-state index in [1.807, 2.05) is 22.8 Å². The fourth-order valence-corrected chi connectivity index (χ4v) is 2.92. The van der Waals surface area contributed by atoms with E-state index >= 15 is 0 Å². The Kier molecular flexibility index (Phi) is 4.06. The molecule has 1 heterocycles. The lowest BCUT2D eigenvalue weighted by Crippen LogP contribution is -2.25. The number of aromatic nitrogens is 3. The van der Waals surface area contributed by atoms with Crippen LogP contribution in [0.5, 0.6) is 0 Å². The van der Waals surface area contributed by atoms with Crippen LogP contribution in [0, 0.1) is 3.57 Å². The molecule has 104 valence electrons. The van der Waals surface area contributed by atoms with Crippen LogP contribution in [-0.4, -0.2) is 20.7 Å². The molecular formula is C13H12BrIN4O. The molecule has 1 amide bonds. The molecule has 0 aliphatic heterocycles. The summed E-state index contributed by atoms with van der Waals surface area (Å²) in [6.07, 6.45) is 4.08. The van der Waals surface area contributed by atoms with Crippen LogP contribution in [0.2, 0.25) is 0 Å². The smallest absolute Gasteiger partial charge is 0.252 e. The van der Waals surface area contributed by atoms with Gasteiger partial charge < -0.3 is 9.88 Å². The summed E-state index contributed by atoms with van der Waals surface area (Å²) in [7, 11) is 0. The summed E-state index contributed by atoms with van der Waals surface area (Å²) in [6, 6.07) is 6.17. The topological polar surface area (TPSA) is 59.8 Å². The maximum Gasteiger partial charge on any atom is 0.252 e. The van der Waals surface area contributed by atoms with Gasteiger partial charge in [-0.1, -0.05) is 15.9 Å². The van der Waals surface area contributed by atoms with Gasteiger partial charge in [0.15, 0.2) is 5.82 Å². The summed E-state index contributed by atoms with van der Waals surface area (Å²) in [5.74, 6) is 0.715. The average Bonchev–Trinajstić information content (AvgIpc) is 3.18. The molecule has 1 aromatic heterocycles. The van der Waals surface area contributed by atoms with E-state index in [9.17, 15) is 4.79 Å². The Morgan fingerprint density at radius 2 is 2.30 bits per heavy atom. The van der Waals surface area contributed by atoms with Gasteiger partial charge in [0, 0.05) is 14.1 Å². The van der Waals surface area contributed by atoms with Crippen LogP contribution in [0.4, 0.5) is 0 Å². The molecule has 1 aliphatic rings. The van der Waals surface area contributed by atoms with Gasteiger partial charge in [-0.2, -0.15) is 0 Å². The van der Waals surface area contributed by atoms with Crippen molar-refractivity contribution in [3.63, 3.8) is 0 Å². The lowest BCUT2D eigenvalue weighted by atomic mass is 10.2. The Labute approximate surface area is 138 Å². The first-order chi connectivity index (χ1) is 9.65. The van der Waals surface area contributed by atoms with Gasteiger partial charge in [-0.05, 0) is 53.6 Å². The second-order valence-corrected chi connectivity index (χ2v) is 6.77. The Morgan fingerprint density at radius 1 is 1.50 bits per heavy atom. The molecule has 7 heteroatoms. The summed E-state index contributed by atoms with van der Waals surface area (Å²) in [6.45, 7) is 0.401. The zero-order valence-corrected chi connectivity index (χ0v) is 14.3. The largest absolute Gasteiger partial charge is 0.345 e. The summed E-state index contributed by atoms with van der Waals surface area (Å²) < 4.78 is 3.86. The van der Waals surface area contributed by atoms with Crippen molar-refractivity contribution < 1.29 is 4.79 Å². The molecule has 5 nitrogen and oxygen atoms in total. The molecule has 0 saturated heterocycles. The fourth-order valence-electron chi connectivity index (χ4n) is 1.98. The molecule has 1 saturated carbocycles. The van der Waals surface area contributed by atoms with Crippen LogP contribution in [0.25, 0.3) is 0 Å². The summed E-state index contributed by atoms with van der Waals surface area (Å²) in [5, 5.41) is 10.9. The lowest BCUT2D eigenvalue weighted by Gasteiger charge is -2.08. The van der Waals surface area contributed by atoms with Crippen molar-refractivity contribution in [1.29, 1.82) is 0 Å². The molecule has 0 atom stereocenters. The minimum atomic E-state index is -0.0963. The van der Waals surface area contributed by atoms with Crippen molar-refractivity contribution in [2.24, 2.45) is 0 Å². The van der Waals surface area contributed by atoms with Crippen LogP contribution in [-0.2, 0) is 6.54 Å². The maximum absolute atomic E-state index is 12.2. The highest BCUT2D eigenvalue weighted by Crippen LogP contribution is 2.35. The van der Waals surface area contributed by atoms with Gasteiger partial charge in [0.1, 0.15) is 6.33 Å². The van der Waals surface area contributed by atoms with Crippen molar-refractivity contribution in [2.75, 3.05) is 0 Å². The number of hydrogen-bond donors (Lipinski definition) is 1. The van der Waals surface area contributed by atoms with E-state index in [1.165, 1.54) is 12.8 Å². The first-order valence-electron chi connectivity index (χ1n) is 6.27. The van der Waals surface area contributed by atoms with Gasteiger partial charge in [-0.25, -0.2) is 0 Å². The number of benzene rings is 1. The Morgan fingerprint density at radius 3 is 3.05 bits per heavy atom. The predicted molar refractivity (Wildman–Crippen MR) is 86.3 cm³/mol. The zero-order valence-electron chi connectivity index (χ0n) is 10.5. The van der Waals surface area contributed by atoms with E-state index in [1.54, 1.807) is 6.33 Å². The van der Waals surface area contributed by atoms with Crippen molar-refractivity contribution in [3.05, 3.63) is 44.0 Å². The molecule has 0 radical (unpaired) electrons. The van der Waals surface area contributed by atoms with Crippen LogP contribution in [0.3, 0.4) is 0 Å². The molecule has 0 unspecified atom stereocenters. The minimum absolute atomic E-state index is 0.0963. The first-order valence-corrected chi connectivity index (χ1v) is 8.14. The number of carbonyl (C=O) groups is 1. The Hall–Kier alpha value is -0.960. The number of amides is 1. The monoisotopic (exact) mass is 446 g/mol. The molecular weight excluding hydrogens is 435 g/mol. The summed E-state index contributed by atoms with van der Waals surface area (Å²) >= 11 is 5.54. The molecule has 1 fully saturated rings. The molecule has 1 aromatic carbocycles. The maximum atomic E-state index is 12.2. The standard InChI is InChI=1S/C13H12BrIN4O/c14-8-1-4-11(15)10(5-8)13(20)16-6-12-18-17-7-19(12)9-2-3-9/h1,4-5,7,9H,2-3,6H2,(H,16,20). The predicted octanol–water partition coefficient (Wildman–Crippen LogP) is 2.91. The quantitative estimate of drug-likeness (QED) is 0.734. The first kappa shape index (κ1) is 14.0. The van der Waals surface area contributed by atoms with Crippen molar-refractivity contribution >= 4 is 44.4 Å². The van der Waals surface area contributed by atoms with Crippen molar-refractivity contribution in [2.45, 2.75) is 25.4 Å². The summed E-state index contributed by atoms with van der Waals surface area (Å²) in [4.78, 5) is 12.2. The van der Waals surface area contributed by atoms with Gasteiger partial charge in [0.2, 0.25) is 0 Å². The minimum Gasteiger partial charge on any atom is -0.345 e. The highest BCUT2D eigenvalue weighted by molar-refractivity contribution is 14.1. The lowest BCUT2D eigenvalue weighted by molar-refractivity contribution is 0.0948.